The van der Waals surface area contributed by atoms with E-state index in [2.05, 4.69) is 31.1 Å². The molecular weight excluding hydrogens is 439 g/mol. The zero-order chi connectivity index (χ0) is 23.6. The van der Waals surface area contributed by atoms with E-state index in [0.717, 1.165) is 34.6 Å². The largest absolute Gasteiger partial charge is 0.416 e. The van der Waals surface area contributed by atoms with Crippen LogP contribution in [0.3, 0.4) is 0 Å². The number of hydrogen-bond donors (Lipinski definition) is 3. The number of aromatic nitrogens is 5. The van der Waals surface area contributed by atoms with Gasteiger partial charge in [0.25, 0.3) is 6.20 Å². The van der Waals surface area contributed by atoms with Crippen molar-refractivity contribution in [3.63, 3.8) is 0 Å². The molecule has 3 heterocycles. The third-order valence-corrected chi connectivity index (χ3v) is 4.76. The van der Waals surface area contributed by atoms with E-state index in [1.165, 1.54) is 23.0 Å². The van der Waals surface area contributed by atoms with Gasteiger partial charge in [0.05, 0.1) is 11.3 Å². The van der Waals surface area contributed by atoms with Crippen molar-refractivity contribution in [1.29, 1.82) is 0 Å². The molecule has 4 rings (SSSR count). The molecule has 0 aliphatic rings. The highest BCUT2D eigenvalue weighted by Gasteiger charge is 2.30. The van der Waals surface area contributed by atoms with E-state index in [1.54, 1.807) is 6.20 Å². The van der Waals surface area contributed by atoms with Gasteiger partial charge in [-0.05, 0) is 42.8 Å². The van der Waals surface area contributed by atoms with E-state index in [9.17, 15) is 18.0 Å². The van der Waals surface area contributed by atoms with E-state index >= 15 is 0 Å². The molecule has 0 aliphatic heterocycles. The second kappa shape index (κ2) is 8.73. The number of nitrogens with zero attached hydrogens (tertiary/aromatic N) is 4. The summed E-state index contributed by atoms with van der Waals surface area (Å²) in [7, 11) is 0. The zero-order valence-corrected chi connectivity index (χ0v) is 17.6. The SMILES string of the molecule is Cc1n[nH]c(C)c1-c1ccc(C[n+]2cc(NC(=O)Nc3cccc(C(F)(F)F)c3)on2)nc1. The second-order valence-corrected chi connectivity index (χ2v) is 7.27. The molecule has 0 atom stereocenters. The van der Waals surface area contributed by atoms with Crippen LogP contribution in [-0.2, 0) is 12.7 Å². The Balaban J connectivity index is 1.37. The molecule has 1 aromatic carbocycles. The molecule has 170 valence electrons. The molecule has 0 saturated heterocycles. The summed E-state index contributed by atoms with van der Waals surface area (Å²) >= 11 is 0. The lowest BCUT2D eigenvalue weighted by Gasteiger charge is -2.09. The molecule has 0 fully saturated rings. The monoisotopic (exact) mass is 458 g/mol. The maximum absolute atomic E-state index is 12.8. The molecule has 3 aromatic heterocycles. The first kappa shape index (κ1) is 22.0. The first-order chi connectivity index (χ1) is 15.7. The normalized spacial score (nSPS) is 11.4. The third-order valence-electron chi connectivity index (χ3n) is 4.76. The standard InChI is InChI=1S/C21H18F3N7O2/c1-12-19(13(2)29-28-12)14-6-7-17(25-9-14)10-31-11-18(33-30-31)27-20(32)26-16-5-3-4-15(8-16)21(22,23)24/h3-9,11H,10H2,1-2H3,(H2-,26,27,28,29,30,32)/p+1. The Kier molecular flexibility index (Phi) is 5.82. The number of aromatic amines is 1. The number of benzene rings is 1. The van der Waals surface area contributed by atoms with Gasteiger partial charge >= 0.3 is 18.1 Å². The second-order valence-electron chi connectivity index (χ2n) is 7.27. The van der Waals surface area contributed by atoms with Gasteiger partial charge in [-0.2, -0.15) is 18.3 Å². The number of rotatable bonds is 5. The summed E-state index contributed by atoms with van der Waals surface area (Å²) in [6.07, 6.45) is -1.33. The fourth-order valence-electron chi connectivity index (χ4n) is 3.26. The van der Waals surface area contributed by atoms with Gasteiger partial charge in [-0.25, -0.2) is 4.79 Å². The van der Waals surface area contributed by atoms with Gasteiger partial charge < -0.3 is 5.32 Å². The van der Waals surface area contributed by atoms with Crippen LogP contribution in [-0.4, -0.2) is 26.5 Å². The summed E-state index contributed by atoms with van der Waals surface area (Å²) in [5, 5.41) is 15.6. The number of urea groups is 1. The van der Waals surface area contributed by atoms with Gasteiger partial charge in [0.15, 0.2) is 0 Å². The Hall–Kier alpha value is -4.22. The van der Waals surface area contributed by atoms with Crippen LogP contribution in [0.15, 0.2) is 53.3 Å². The van der Waals surface area contributed by atoms with Crippen LogP contribution in [0.1, 0.15) is 22.6 Å². The fraction of sp³-hybridized carbons (Fsp3) is 0.190. The molecule has 33 heavy (non-hydrogen) atoms. The van der Waals surface area contributed by atoms with Crippen molar-refractivity contribution < 1.29 is 27.2 Å². The van der Waals surface area contributed by atoms with Gasteiger partial charge in [-0.1, -0.05) is 12.1 Å². The Morgan fingerprint density at radius 2 is 2.00 bits per heavy atom. The molecule has 2 amide bonds. The van der Waals surface area contributed by atoms with Crippen molar-refractivity contribution in [2.75, 3.05) is 10.6 Å². The van der Waals surface area contributed by atoms with E-state index in [1.807, 2.05) is 26.0 Å². The molecule has 0 unspecified atom stereocenters. The predicted octanol–water partition coefficient (Wildman–Crippen LogP) is 4.08. The number of carbonyl (C=O) groups excluding carboxylic acids is 1. The molecular formula is C21H19F3N7O2+. The minimum absolute atomic E-state index is 0.0119. The number of halogens is 3. The fourth-order valence-corrected chi connectivity index (χ4v) is 3.26. The van der Waals surface area contributed by atoms with E-state index in [-0.39, 0.29) is 18.1 Å². The Morgan fingerprint density at radius 3 is 2.67 bits per heavy atom. The molecule has 0 radical (unpaired) electrons. The summed E-state index contributed by atoms with van der Waals surface area (Å²) in [6, 6.07) is 7.30. The minimum atomic E-state index is -4.51. The van der Waals surface area contributed by atoms with E-state index < -0.39 is 17.8 Å². The van der Waals surface area contributed by atoms with Crippen molar-refractivity contribution in [2.24, 2.45) is 0 Å². The highest BCUT2D eigenvalue weighted by atomic mass is 19.4. The average Bonchev–Trinajstić information content (AvgIpc) is 3.33. The van der Waals surface area contributed by atoms with Gasteiger partial charge in [-0.3, -0.25) is 19.9 Å². The number of H-pyrrole nitrogens is 1. The molecule has 0 spiro atoms. The molecule has 0 saturated carbocycles. The average molecular weight is 458 g/mol. The summed E-state index contributed by atoms with van der Waals surface area (Å²) in [4.78, 5) is 16.5. The maximum Gasteiger partial charge on any atom is 0.416 e. The smallest absolute Gasteiger partial charge is 0.308 e. The van der Waals surface area contributed by atoms with Crippen LogP contribution in [0.4, 0.5) is 29.5 Å². The van der Waals surface area contributed by atoms with Gasteiger partial charge in [0, 0.05) is 28.7 Å². The predicted molar refractivity (Wildman–Crippen MR) is 111 cm³/mol. The van der Waals surface area contributed by atoms with Crippen LogP contribution in [0.25, 0.3) is 11.1 Å². The number of hydrogen-bond acceptors (Lipinski definition) is 5. The Morgan fingerprint density at radius 1 is 1.18 bits per heavy atom. The molecule has 12 heteroatoms. The summed E-state index contributed by atoms with van der Waals surface area (Å²) < 4.78 is 44.9. The number of aryl methyl sites for hydroxylation is 2. The number of alkyl halides is 3. The highest BCUT2D eigenvalue weighted by molar-refractivity contribution is 5.98. The van der Waals surface area contributed by atoms with Crippen LogP contribution in [0.2, 0.25) is 0 Å². The topological polar surface area (TPSA) is 113 Å². The summed E-state index contributed by atoms with van der Waals surface area (Å²) in [6.45, 7) is 4.13. The number of nitrogens with one attached hydrogen (secondary N) is 3. The van der Waals surface area contributed by atoms with Crippen LogP contribution in [0.5, 0.6) is 0 Å². The summed E-state index contributed by atoms with van der Waals surface area (Å²) in [5.41, 5.74) is 3.59. The van der Waals surface area contributed by atoms with E-state index in [0.29, 0.717) is 5.69 Å². The van der Waals surface area contributed by atoms with Crippen molar-refractivity contribution in [1.82, 2.24) is 20.5 Å². The van der Waals surface area contributed by atoms with Crippen molar-refractivity contribution >= 4 is 17.6 Å². The molecule has 3 N–H and O–H groups in total. The molecule has 0 bridgehead atoms. The van der Waals surface area contributed by atoms with Crippen molar-refractivity contribution in [3.8, 4) is 11.1 Å². The van der Waals surface area contributed by atoms with Crippen LogP contribution in [0, 0.1) is 13.8 Å². The number of carbonyl (C=O) groups is 1. The van der Waals surface area contributed by atoms with Gasteiger partial charge in [0.1, 0.15) is 5.69 Å². The summed E-state index contributed by atoms with van der Waals surface area (Å²) in [5.74, 6) is 0.0146. The quantitative estimate of drug-likeness (QED) is 0.390. The van der Waals surface area contributed by atoms with Crippen molar-refractivity contribution in [2.45, 2.75) is 26.6 Å². The Labute approximate surface area is 185 Å². The van der Waals surface area contributed by atoms with Crippen LogP contribution < -0.4 is 15.3 Å². The first-order valence-corrected chi connectivity index (χ1v) is 9.77. The zero-order valence-electron chi connectivity index (χ0n) is 17.6. The number of pyridine rings is 1. The maximum atomic E-state index is 12.8. The number of anilines is 2. The third kappa shape index (κ3) is 5.17. The molecule has 0 aliphatic carbocycles. The van der Waals surface area contributed by atoms with E-state index in [4.69, 9.17) is 4.52 Å². The van der Waals surface area contributed by atoms with Gasteiger partial charge in [-0.15, -0.1) is 0 Å². The Bertz CT molecular complexity index is 1260. The minimum Gasteiger partial charge on any atom is -0.308 e. The van der Waals surface area contributed by atoms with Crippen LogP contribution >= 0.6 is 0 Å². The first-order valence-electron chi connectivity index (χ1n) is 9.77. The highest BCUT2D eigenvalue weighted by Crippen LogP contribution is 2.30. The molecule has 9 nitrogen and oxygen atoms in total. The lowest BCUT2D eigenvalue weighted by atomic mass is 10.1. The lowest BCUT2D eigenvalue weighted by molar-refractivity contribution is -0.755. The molecule has 4 aromatic rings. The lowest BCUT2D eigenvalue weighted by Crippen LogP contribution is -2.35. The van der Waals surface area contributed by atoms with Crippen molar-refractivity contribution in [3.05, 3.63) is 71.4 Å². The van der Waals surface area contributed by atoms with Gasteiger partial charge in [0.2, 0.25) is 11.8 Å². The number of amides is 2.